The molecule has 4 atom stereocenters. The van der Waals surface area contributed by atoms with Crippen LogP contribution < -0.4 is 10.5 Å². The van der Waals surface area contributed by atoms with E-state index in [2.05, 4.69) is 0 Å². The number of nitrogens with zero attached hydrogens (tertiary/aromatic N) is 2. The molecule has 2 aliphatic rings. The van der Waals surface area contributed by atoms with Crippen LogP contribution in [0, 0.1) is 6.92 Å². The van der Waals surface area contributed by atoms with Crippen molar-refractivity contribution in [2.24, 2.45) is 5.73 Å². The fourth-order valence-electron chi connectivity index (χ4n) is 4.94. The summed E-state index contributed by atoms with van der Waals surface area (Å²) in [4.78, 5) is 39.5. The van der Waals surface area contributed by atoms with Gasteiger partial charge in [-0.2, -0.15) is 0 Å². The maximum absolute atomic E-state index is 15.3. The van der Waals surface area contributed by atoms with Crippen LogP contribution in [0.3, 0.4) is 0 Å². The number of aryl methyl sites for hydroxylation is 1. The molecule has 0 spiro atoms. The second-order valence-electron chi connectivity index (χ2n) is 9.65. The average Bonchev–Trinajstić information content (AvgIpc) is 3.20. The summed E-state index contributed by atoms with van der Waals surface area (Å²) in [7, 11) is 0. The molecule has 1 amide bonds. The van der Waals surface area contributed by atoms with Gasteiger partial charge in [0.25, 0.3) is 0 Å². The molecule has 9 heteroatoms. The summed E-state index contributed by atoms with van der Waals surface area (Å²) in [5, 5.41) is 8.79. The van der Waals surface area contributed by atoms with E-state index in [1.165, 1.54) is 5.56 Å². The van der Waals surface area contributed by atoms with Gasteiger partial charge in [0.15, 0.2) is 0 Å². The number of carbonyl (C=O) groups excluding carboxylic acids is 2. The fourth-order valence-corrected chi connectivity index (χ4v) is 4.94. The molecular formula is C27H32FN3O5. The van der Waals surface area contributed by atoms with Crippen LogP contribution in [0.1, 0.15) is 41.9 Å². The molecule has 36 heavy (non-hydrogen) atoms. The fraction of sp³-hybridized carbons (Fsp3) is 0.444. The quantitative estimate of drug-likeness (QED) is 0.426. The van der Waals surface area contributed by atoms with Crippen LogP contribution in [-0.2, 0) is 20.9 Å². The molecule has 2 heterocycles. The maximum Gasteiger partial charge on any atom is 0.321 e. The number of halogens is 1. The molecule has 4 rings (SSSR count). The standard InChI is InChI=1S/C27H32FN3O5/c1-17-2-4-18(5-3-17)15-31-13-11-24(26(31)33)30-12-10-21(22(28)16-30)19-6-8-20(9-7-19)36-25(32)14-23(29)27(34)35/h2-9,21-24H,10-16,29H2,1H3,(H,34,35)/t21?,22-,23?,24-/m1/s1. The Morgan fingerprint density at radius 2 is 1.81 bits per heavy atom. The molecule has 0 aromatic heterocycles. The molecule has 2 saturated heterocycles. The molecule has 2 fully saturated rings. The first-order valence-corrected chi connectivity index (χ1v) is 12.2. The second-order valence-corrected chi connectivity index (χ2v) is 9.65. The molecule has 2 aromatic rings. The molecule has 0 aliphatic carbocycles. The van der Waals surface area contributed by atoms with Crippen LogP contribution in [0.5, 0.6) is 5.75 Å². The second kappa shape index (κ2) is 11.2. The monoisotopic (exact) mass is 497 g/mol. The lowest BCUT2D eigenvalue weighted by atomic mass is 9.87. The number of piperidine rings is 1. The van der Waals surface area contributed by atoms with Crippen LogP contribution >= 0.6 is 0 Å². The number of alkyl halides is 1. The smallest absolute Gasteiger partial charge is 0.321 e. The predicted octanol–water partition coefficient (Wildman–Crippen LogP) is 2.63. The number of likely N-dealkylation sites (tertiary alicyclic amines) is 2. The van der Waals surface area contributed by atoms with E-state index in [1.807, 2.05) is 41.0 Å². The lowest BCUT2D eigenvalue weighted by molar-refractivity contribution is -0.143. The zero-order chi connectivity index (χ0) is 25.8. The highest BCUT2D eigenvalue weighted by Gasteiger charge is 2.40. The minimum atomic E-state index is -1.32. The van der Waals surface area contributed by atoms with E-state index in [-0.39, 0.29) is 30.2 Å². The van der Waals surface area contributed by atoms with Gasteiger partial charge >= 0.3 is 11.9 Å². The lowest BCUT2D eigenvalue weighted by Gasteiger charge is -2.37. The number of nitrogens with two attached hydrogens (primary N) is 1. The Labute approximate surface area is 209 Å². The number of ether oxygens (including phenoxy) is 1. The molecule has 0 radical (unpaired) electrons. The largest absolute Gasteiger partial charge is 0.480 e. The van der Waals surface area contributed by atoms with Crippen LogP contribution in [0.25, 0.3) is 0 Å². The van der Waals surface area contributed by atoms with Gasteiger partial charge in [-0.25, -0.2) is 4.39 Å². The van der Waals surface area contributed by atoms with Gasteiger partial charge in [0.05, 0.1) is 12.5 Å². The van der Waals surface area contributed by atoms with E-state index in [0.717, 1.165) is 11.1 Å². The molecule has 3 N–H and O–H groups in total. The van der Waals surface area contributed by atoms with Crippen molar-refractivity contribution in [1.82, 2.24) is 9.80 Å². The maximum atomic E-state index is 15.3. The number of benzene rings is 2. The number of carboxylic acid groups (broad SMARTS) is 1. The summed E-state index contributed by atoms with van der Waals surface area (Å²) in [6, 6.07) is 13.1. The van der Waals surface area contributed by atoms with Gasteiger partial charge in [0.2, 0.25) is 5.91 Å². The van der Waals surface area contributed by atoms with Crippen molar-refractivity contribution in [1.29, 1.82) is 0 Å². The van der Waals surface area contributed by atoms with E-state index < -0.39 is 30.6 Å². The number of carboxylic acids is 1. The molecule has 0 bridgehead atoms. The Kier molecular flexibility index (Phi) is 8.01. The highest BCUT2D eigenvalue weighted by molar-refractivity contribution is 5.84. The van der Waals surface area contributed by atoms with Crippen LogP contribution in [-0.4, -0.2) is 70.6 Å². The SMILES string of the molecule is Cc1ccc(CN2CC[C@@H](N3CCC(c4ccc(OC(=O)CC(N)C(=O)O)cc4)[C@H](F)C3)C2=O)cc1. The van der Waals surface area contributed by atoms with Gasteiger partial charge in [-0.15, -0.1) is 0 Å². The first kappa shape index (κ1) is 25.8. The molecule has 2 aliphatic heterocycles. The average molecular weight is 498 g/mol. The Bertz CT molecular complexity index is 1090. The first-order chi connectivity index (χ1) is 17.2. The highest BCUT2D eigenvalue weighted by atomic mass is 19.1. The zero-order valence-electron chi connectivity index (χ0n) is 20.3. The number of rotatable bonds is 8. The lowest BCUT2D eigenvalue weighted by Crippen LogP contribution is -2.49. The van der Waals surface area contributed by atoms with Crippen molar-refractivity contribution in [2.75, 3.05) is 19.6 Å². The van der Waals surface area contributed by atoms with Crippen molar-refractivity contribution in [3.05, 3.63) is 65.2 Å². The predicted molar refractivity (Wildman–Crippen MR) is 131 cm³/mol. The van der Waals surface area contributed by atoms with E-state index in [9.17, 15) is 14.4 Å². The Hall–Kier alpha value is -3.30. The molecule has 2 aromatic carbocycles. The highest BCUT2D eigenvalue weighted by Crippen LogP contribution is 2.34. The van der Waals surface area contributed by atoms with Crippen molar-refractivity contribution < 1.29 is 28.6 Å². The van der Waals surface area contributed by atoms with Gasteiger partial charge in [-0.05, 0) is 49.6 Å². The van der Waals surface area contributed by atoms with Gasteiger partial charge in [-0.1, -0.05) is 42.0 Å². The van der Waals surface area contributed by atoms with Crippen molar-refractivity contribution in [3.8, 4) is 5.75 Å². The van der Waals surface area contributed by atoms with Crippen molar-refractivity contribution in [2.45, 2.75) is 56.9 Å². The summed E-state index contributed by atoms with van der Waals surface area (Å²) in [6.45, 7) is 4.10. The Morgan fingerprint density at radius 3 is 2.44 bits per heavy atom. The number of aliphatic carboxylic acids is 1. The van der Waals surface area contributed by atoms with Crippen LogP contribution in [0.15, 0.2) is 48.5 Å². The Balaban J connectivity index is 1.30. The molecule has 0 saturated carbocycles. The summed E-state index contributed by atoms with van der Waals surface area (Å²) in [5.41, 5.74) is 8.42. The molecular weight excluding hydrogens is 465 g/mol. The topological polar surface area (TPSA) is 113 Å². The van der Waals surface area contributed by atoms with Crippen LogP contribution in [0.2, 0.25) is 0 Å². The summed E-state index contributed by atoms with van der Waals surface area (Å²) < 4.78 is 20.4. The zero-order valence-corrected chi connectivity index (χ0v) is 20.3. The summed E-state index contributed by atoms with van der Waals surface area (Å²) in [6.07, 6.45) is -0.284. The third-order valence-electron chi connectivity index (χ3n) is 7.02. The number of hydrogen-bond donors (Lipinski definition) is 2. The first-order valence-electron chi connectivity index (χ1n) is 12.2. The number of esters is 1. The van der Waals surface area contributed by atoms with E-state index in [1.54, 1.807) is 24.3 Å². The normalized spacial score (nSPS) is 23.5. The van der Waals surface area contributed by atoms with E-state index in [4.69, 9.17) is 15.6 Å². The van der Waals surface area contributed by atoms with Crippen molar-refractivity contribution >= 4 is 17.8 Å². The third kappa shape index (κ3) is 6.09. The minimum absolute atomic E-state index is 0.0648. The Morgan fingerprint density at radius 1 is 1.11 bits per heavy atom. The van der Waals surface area contributed by atoms with Gasteiger partial charge in [0, 0.05) is 25.6 Å². The van der Waals surface area contributed by atoms with Gasteiger partial charge in [0.1, 0.15) is 18.0 Å². The summed E-state index contributed by atoms with van der Waals surface area (Å²) >= 11 is 0. The molecule has 8 nitrogen and oxygen atoms in total. The molecule has 2 unspecified atom stereocenters. The summed E-state index contributed by atoms with van der Waals surface area (Å²) in [5.74, 6) is -2.02. The number of hydrogen-bond acceptors (Lipinski definition) is 6. The van der Waals surface area contributed by atoms with E-state index in [0.29, 0.717) is 32.5 Å². The number of carbonyl (C=O) groups is 3. The molecule has 192 valence electrons. The third-order valence-corrected chi connectivity index (χ3v) is 7.02. The van der Waals surface area contributed by atoms with Crippen LogP contribution in [0.4, 0.5) is 4.39 Å². The number of amides is 1. The van der Waals surface area contributed by atoms with E-state index >= 15 is 4.39 Å². The minimum Gasteiger partial charge on any atom is -0.480 e. The van der Waals surface area contributed by atoms with Gasteiger partial charge < -0.3 is 20.5 Å². The van der Waals surface area contributed by atoms with Crippen molar-refractivity contribution in [3.63, 3.8) is 0 Å². The van der Waals surface area contributed by atoms with Gasteiger partial charge in [-0.3, -0.25) is 19.3 Å².